The van der Waals surface area contributed by atoms with Crippen LogP contribution in [0.1, 0.15) is 11.3 Å². The van der Waals surface area contributed by atoms with Gasteiger partial charge in [0.05, 0.1) is 24.0 Å². The Kier molecular flexibility index (Phi) is 4.57. The van der Waals surface area contributed by atoms with Crippen molar-refractivity contribution in [2.45, 2.75) is 13.0 Å². The van der Waals surface area contributed by atoms with Crippen LogP contribution in [0.25, 0.3) is 16.9 Å². The van der Waals surface area contributed by atoms with Gasteiger partial charge in [-0.2, -0.15) is 14.8 Å². The first-order valence-electron chi connectivity index (χ1n) is 9.45. The zero-order valence-corrected chi connectivity index (χ0v) is 15.8. The molecule has 2 aromatic carbocycles. The summed E-state index contributed by atoms with van der Waals surface area (Å²) < 4.78 is 20.7. The van der Waals surface area contributed by atoms with Crippen LogP contribution in [-0.4, -0.2) is 43.5 Å². The number of halogens is 1. The summed E-state index contributed by atoms with van der Waals surface area (Å²) >= 11 is 0. The van der Waals surface area contributed by atoms with Crippen molar-refractivity contribution in [3.63, 3.8) is 0 Å². The summed E-state index contributed by atoms with van der Waals surface area (Å²) in [6.07, 6.45) is 2.19. The molecule has 0 saturated heterocycles. The van der Waals surface area contributed by atoms with E-state index in [-0.39, 0.29) is 5.82 Å². The Hall–Kier alpha value is -3.50. The molecule has 0 bridgehead atoms. The third kappa shape index (κ3) is 3.25. The molecular formula is C20H17BFN5O3. The molecule has 3 N–H and O–H groups in total. The van der Waals surface area contributed by atoms with Crippen LogP contribution in [0.3, 0.4) is 0 Å². The van der Waals surface area contributed by atoms with Crippen LogP contribution >= 0.6 is 0 Å². The summed E-state index contributed by atoms with van der Waals surface area (Å²) in [5.74, 6) is 1.11. The van der Waals surface area contributed by atoms with Crippen molar-refractivity contribution in [2.24, 2.45) is 0 Å². The number of anilines is 1. The van der Waals surface area contributed by atoms with Crippen LogP contribution in [-0.2, 0) is 13.0 Å². The minimum absolute atomic E-state index is 0.302. The lowest BCUT2D eigenvalue weighted by molar-refractivity contribution is 0.357. The molecule has 4 aromatic rings. The first kappa shape index (κ1) is 18.5. The average molecular weight is 405 g/mol. The van der Waals surface area contributed by atoms with E-state index in [2.05, 4.69) is 20.4 Å². The van der Waals surface area contributed by atoms with E-state index in [0.29, 0.717) is 53.5 Å². The van der Waals surface area contributed by atoms with Gasteiger partial charge in [0.15, 0.2) is 11.6 Å². The summed E-state index contributed by atoms with van der Waals surface area (Å²) in [4.78, 5) is 9.17. The van der Waals surface area contributed by atoms with Gasteiger partial charge in [0.2, 0.25) is 0 Å². The molecule has 0 radical (unpaired) electrons. The number of rotatable bonds is 5. The maximum absolute atomic E-state index is 13.5. The molecule has 30 heavy (non-hydrogen) atoms. The Bertz CT molecular complexity index is 1250. The molecule has 0 amide bonds. The third-order valence-corrected chi connectivity index (χ3v) is 4.97. The van der Waals surface area contributed by atoms with Crippen LogP contribution in [0, 0.1) is 5.82 Å². The highest BCUT2D eigenvalue weighted by atomic mass is 19.1. The van der Waals surface area contributed by atoms with Crippen LogP contribution in [0.5, 0.6) is 5.75 Å². The molecule has 1 aliphatic heterocycles. The van der Waals surface area contributed by atoms with Gasteiger partial charge in [0.1, 0.15) is 5.82 Å². The second-order valence-corrected chi connectivity index (χ2v) is 6.94. The van der Waals surface area contributed by atoms with Gasteiger partial charge in [-0.05, 0) is 29.2 Å². The lowest BCUT2D eigenvalue weighted by Crippen LogP contribution is -2.30. The van der Waals surface area contributed by atoms with E-state index in [1.165, 1.54) is 12.1 Å². The van der Waals surface area contributed by atoms with E-state index in [4.69, 9.17) is 4.74 Å². The number of nitrogens with zero attached hydrogens (tertiary/aromatic N) is 4. The van der Waals surface area contributed by atoms with Gasteiger partial charge in [-0.3, -0.25) is 0 Å². The van der Waals surface area contributed by atoms with Crippen molar-refractivity contribution in [3.8, 4) is 11.7 Å². The van der Waals surface area contributed by atoms with Gasteiger partial charge in [-0.25, -0.2) is 9.37 Å². The van der Waals surface area contributed by atoms with Crippen molar-refractivity contribution >= 4 is 29.3 Å². The van der Waals surface area contributed by atoms with E-state index in [9.17, 15) is 14.4 Å². The van der Waals surface area contributed by atoms with Gasteiger partial charge in [-0.1, -0.05) is 24.3 Å². The minimum Gasteiger partial charge on any atom is -0.487 e. The van der Waals surface area contributed by atoms with Gasteiger partial charge in [0.25, 0.3) is 5.95 Å². The lowest BCUT2D eigenvalue weighted by Gasteiger charge is -2.12. The molecule has 0 fully saturated rings. The monoisotopic (exact) mass is 405 g/mol. The Morgan fingerprint density at radius 2 is 2.03 bits per heavy atom. The number of ether oxygens (including phenoxy) is 1. The molecule has 10 heteroatoms. The second kappa shape index (κ2) is 7.40. The summed E-state index contributed by atoms with van der Waals surface area (Å²) in [6, 6.07) is 11.5. The topological polar surface area (TPSA) is 105 Å². The van der Waals surface area contributed by atoms with E-state index < -0.39 is 7.12 Å². The Morgan fingerprint density at radius 3 is 2.87 bits per heavy atom. The Balaban J connectivity index is 1.55. The average Bonchev–Trinajstić information content (AvgIpc) is 3.38. The van der Waals surface area contributed by atoms with Crippen molar-refractivity contribution in [1.82, 2.24) is 19.7 Å². The normalized spacial score (nSPS) is 12.6. The molecule has 0 atom stereocenters. The first-order chi connectivity index (χ1) is 14.6. The van der Waals surface area contributed by atoms with Gasteiger partial charge in [-0.15, -0.1) is 0 Å². The maximum Gasteiger partial charge on any atom is 0.489 e. The van der Waals surface area contributed by atoms with Crippen molar-refractivity contribution in [3.05, 3.63) is 65.7 Å². The van der Waals surface area contributed by atoms with Crippen molar-refractivity contribution < 1.29 is 19.2 Å². The number of hydrogen-bond donors (Lipinski definition) is 3. The molecule has 150 valence electrons. The van der Waals surface area contributed by atoms with Gasteiger partial charge < -0.3 is 20.1 Å². The molecular weight excluding hydrogens is 388 g/mol. The molecule has 0 spiro atoms. The molecule has 0 aliphatic carbocycles. The highest BCUT2D eigenvalue weighted by molar-refractivity contribution is 6.61. The lowest BCUT2D eigenvalue weighted by atomic mass is 9.78. The fourth-order valence-electron chi connectivity index (χ4n) is 3.56. The maximum atomic E-state index is 13.5. The fraction of sp³-hybridized carbons (Fsp3) is 0.150. The number of fused-ring (bicyclic) bond motifs is 2. The fourth-order valence-corrected chi connectivity index (χ4v) is 3.56. The standard InChI is InChI=1S/C20H17BFN5O3/c22-13-4-1-3-12(9-13)10-23-19-18-16(7-8-30-18)25-20(26-19)27-17-6-2-5-15(21(28)29)14(17)11-24-27/h1-6,9,11,28-29H,7-8,10H2,(H,23,25,26). The minimum atomic E-state index is -1.61. The molecule has 1 aliphatic rings. The highest BCUT2D eigenvalue weighted by Gasteiger charge is 2.23. The largest absolute Gasteiger partial charge is 0.489 e. The van der Waals surface area contributed by atoms with Crippen LogP contribution in [0.15, 0.2) is 48.7 Å². The second-order valence-electron chi connectivity index (χ2n) is 6.94. The predicted octanol–water partition coefficient (Wildman–Crippen LogP) is 1.18. The summed E-state index contributed by atoms with van der Waals surface area (Å²) in [6.45, 7) is 0.869. The molecule has 5 rings (SSSR count). The summed E-state index contributed by atoms with van der Waals surface area (Å²) in [7, 11) is -1.61. The quantitative estimate of drug-likeness (QED) is 0.429. The van der Waals surface area contributed by atoms with E-state index in [0.717, 1.165) is 11.3 Å². The molecule has 8 nitrogen and oxygen atoms in total. The van der Waals surface area contributed by atoms with Gasteiger partial charge >= 0.3 is 7.12 Å². The Morgan fingerprint density at radius 1 is 1.17 bits per heavy atom. The van der Waals surface area contributed by atoms with E-state index in [1.54, 1.807) is 35.1 Å². The molecule has 0 unspecified atom stereocenters. The van der Waals surface area contributed by atoms with Crippen molar-refractivity contribution in [2.75, 3.05) is 11.9 Å². The SMILES string of the molecule is OB(O)c1cccc2c1cnn2-c1nc2c(c(NCc3cccc(F)c3)n1)OCC2. The van der Waals surface area contributed by atoms with E-state index >= 15 is 0 Å². The smallest absolute Gasteiger partial charge is 0.487 e. The van der Waals surface area contributed by atoms with Crippen LogP contribution in [0.2, 0.25) is 0 Å². The van der Waals surface area contributed by atoms with Crippen molar-refractivity contribution in [1.29, 1.82) is 0 Å². The highest BCUT2D eigenvalue weighted by Crippen LogP contribution is 2.32. The van der Waals surface area contributed by atoms with E-state index in [1.807, 2.05) is 6.07 Å². The summed E-state index contributed by atoms with van der Waals surface area (Å²) in [5, 5.41) is 27.4. The molecule has 3 heterocycles. The van der Waals surface area contributed by atoms with Crippen LogP contribution < -0.4 is 15.5 Å². The van der Waals surface area contributed by atoms with Gasteiger partial charge in [0, 0.05) is 18.4 Å². The number of benzene rings is 2. The zero-order chi connectivity index (χ0) is 20.7. The number of nitrogens with one attached hydrogen (secondary N) is 1. The zero-order valence-electron chi connectivity index (χ0n) is 15.8. The summed E-state index contributed by atoms with van der Waals surface area (Å²) in [5.41, 5.74) is 2.53. The number of aromatic nitrogens is 4. The third-order valence-electron chi connectivity index (χ3n) is 4.97. The molecule has 2 aromatic heterocycles. The first-order valence-corrected chi connectivity index (χ1v) is 9.45. The number of hydrogen-bond acceptors (Lipinski definition) is 7. The Labute approximate surface area is 171 Å². The molecule has 0 saturated carbocycles. The van der Waals surface area contributed by atoms with Crippen LogP contribution in [0.4, 0.5) is 10.2 Å². The predicted molar refractivity (Wildman–Crippen MR) is 109 cm³/mol.